The Labute approximate surface area is 144 Å². The van der Waals surface area contributed by atoms with Crippen LogP contribution in [0.3, 0.4) is 0 Å². The molecular weight excluding hydrogens is 336 g/mol. The molecule has 23 heavy (non-hydrogen) atoms. The number of hydrogen-bond donors (Lipinski definition) is 2. The van der Waals surface area contributed by atoms with Gasteiger partial charge in [-0.3, -0.25) is 14.5 Å². The lowest BCUT2D eigenvalue weighted by Gasteiger charge is -2.36. The van der Waals surface area contributed by atoms with Crippen molar-refractivity contribution in [2.24, 2.45) is 0 Å². The van der Waals surface area contributed by atoms with Crippen LogP contribution in [0.5, 0.6) is 0 Å². The summed E-state index contributed by atoms with van der Waals surface area (Å²) in [6, 6.07) is -0.312. The van der Waals surface area contributed by atoms with E-state index in [0.717, 1.165) is 4.34 Å². The monoisotopic (exact) mass is 358 g/mol. The number of thioether (sulfide) groups is 1. The largest absolute Gasteiger partial charge is 0.390 e. The molecule has 1 aliphatic rings. The van der Waals surface area contributed by atoms with Crippen molar-refractivity contribution in [2.75, 3.05) is 40.0 Å². The number of likely N-dealkylation sites (tertiary alicyclic amines) is 1. The van der Waals surface area contributed by atoms with Gasteiger partial charge in [0, 0.05) is 32.6 Å². The van der Waals surface area contributed by atoms with E-state index in [2.05, 4.69) is 10.3 Å². The molecule has 1 aliphatic heterocycles. The van der Waals surface area contributed by atoms with Crippen LogP contribution in [0.4, 0.5) is 0 Å². The van der Waals surface area contributed by atoms with Crippen molar-refractivity contribution in [3.8, 4) is 0 Å². The number of likely N-dealkylation sites (N-methyl/N-ethyl adjacent to an activating group) is 1. The van der Waals surface area contributed by atoms with Crippen LogP contribution in [0.1, 0.15) is 16.9 Å². The van der Waals surface area contributed by atoms with Gasteiger partial charge in [-0.15, -0.1) is 11.3 Å². The standard InChI is InChI=1S/C14H22N4O3S2/c1-17(2)12(20)7-18-5-4-9(11(19)6-18)15-13(21)10-8-23-14(16-10)22-3/h8-9,11,19H,4-7H2,1-3H3,(H,15,21). The average molecular weight is 358 g/mol. The fourth-order valence-corrected chi connectivity index (χ4v) is 3.58. The molecule has 7 nitrogen and oxygen atoms in total. The van der Waals surface area contributed by atoms with Crippen LogP contribution >= 0.6 is 23.1 Å². The lowest BCUT2D eigenvalue weighted by atomic mass is 10.0. The minimum Gasteiger partial charge on any atom is -0.390 e. The minimum atomic E-state index is -0.693. The van der Waals surface area contributed by atoms with Crippen molar-refractivity contribution in [2.45, 2.75) is 22.9 Å². The van der Waals surface area contributed by atoms with Crippen molar-refractivity contribution in [1.82, 2.24) is 20.1 Å². The lowest BCUT2D eigenvalue weighted by Crippen LogP contribution is -2.55. The second kappa shape index (κ2) is 8.09. The summed E-state index contributed by atoms with van der Waals surface area (Å²) >= 11 is 2.93. The molecule has 1 saturated heterocycles. The maximum absolute atomic E-state index is 12.2. The van der Waals surface area contributed by atoms with E-state index in [1.54, 1.807) is 19.5 Å². The predicted molar refractivity (Wildman–Crippen MR) is 90.9 cm³/mol. The van der Waals surface area contributed by atoms with Gasteiger partial charge in [-0.1, -0.05) is 11.8 Å². The van der Waals surface area contributed by atoms with E-state index in [0.29, 0.717) is 25.2 Å². The van der Waals surface area contributed by atoms with Crippen LogP contribution in [-0.4, -0.2) is 83.8 Å². The van der Waals surface area contributed by atoms with Crippen LogP contribution in [0.25, 0.3) is 0 Å². The van der Waals surface area contributed by atoms with Crippen molar-refractivity contribution in [3.05, 3.63) is 11.1 Å². The van der Waals surface area contributed by atoms with E-state index < -0.39 is 6.10 Å². The summed E-state index contributed by atoms with van der Waals surface area (Å²) in [5.74, 6) is -0.254. The molecule has 0 saturated carbocycles. The quantitative estimate of drug-likeness (QED) is 0.727. The van der Waals surface area contributed by atoms with Crippen LogP contribution in [-0.2, 0) is 4.79 Å². The first-order chi connectivity index (χ1) is 10.9. The molecule has 1 aromatic heterocycles. The lowest BCUT2D eigenvalue weighted by molar-refractivity contribution is -0.130. The summed E-state index contributed by atoms with van der Waals surface area (Å²) in [7, 11) is 3.42. The number of amides is 2. The molecule has 128 valence electrons. The zero-order chi connectivity index (χ0) is 17.0. The van der Waals surface area contributed by atoms with E-state index in [1.807, 2.05) is 11.2 Å². The Hall–Kier alpha value is -1.16. The zero-order valence-electron chi connectivity index (χ0n) is 13.5. The normalized spacial score (nSPS) is 21.9. The van der Waals surface area contributed by atoms with Crippen LogP contribution in [0.2, 0.25) is 0 Å². The van der Waals surface area contributed by atoms with Crippen LogP contribution < -0.4 is 5.32 Å². The van der Waals surface area contributed by atoms with Gasteiger partial charge in [0.15, 0.2) is 0 Å². The second-order valence-electron chi connectivity index (χ2n) is 5.66. The van der Waals surface area contributed by atoms with Gasteiger partial charge in [0.2, 0.25) is 5.91 Å². The molecule has 0 radical (unpaired) electrons. The van der Waals surface area contributed by atoms with Crippen molar-refractivity contribution < 1.29 is 14.7 Å². The fourth-order valence-electron chi connectivity index (χ4n) is 2.34. The molecule has 2 unspecified atom stereocenters. The first-order valence-corrected chi connectivity index (χ1v) is 9.42. The summed E-state index contributed by atoms with van der Waals surface area (Å²) in [6.45, 7) is 1.32. The summed E-state index contributed by atoms with van der Waals surface area (Å²) in [4.78, 5) is 31.6. The number of β-amino-alcohol motifs (C(OH)–C–C–N with tert-alkyl or cyclic N) is 1. The summed E-state index contributed by atoms with van der Waals surface area (Å²) in [5, 5.41) is 14.8. The minimum absolute atomic E-state index is 0.00625. The van der Waals surface area contributed by atoms with Crippen molar-refractivity contribution in [1.29, 1.82) is 0 Å². The first kappa shape index (κ1) is 18.2. The number of aliphatic hydroxyl groups is 1. The molecule has 0 spiro atoms. The molecule has 1 fully saturated rings. The van der Waals surface area contributed by atoms with Gasteiger partial charge in [0.1, 0.15) is 10.0 Å². The Morgan fingerprint density at radius 1 is 1.57 bits per heavy atom. The van der Waals surface area contributed by atoms with Crippen molar-refractivity contribution in [3.63, 3.8) is 0 Å². The van der Waals surface area contributed by atoms with E-state index >= 15 is 0 Å². The number of hydrogen-bond acceptors (Lipinski definition) is 7. The summed E-state index contributed by atoms with van der Waals surface area (Å²) < 4.78 is 0.840. The number of carbonyl (C=O) groups is 2. The average Bonchev–Trinajstić information content (AvgIpc) is 2.99. The Balaban J connectivity index is 1.86. The van der Waals surface area contributed by atoms with Gasteiger partial charge in [-0.05, 0) is 12.7 Å². The topological polar surface area (TPSA) is 85.8 Å². The number of aliphatic hydroxyl groups excluding tert-OH is 1. The first-order valence-electron chi connectivity index (χ1n) is 7.31. The number of nitrogens with one attached hydrogen (secondary N) is 1. The van der Waals surface area contributed by atoms with E-state index in [9.17, 15) is 14.7 Å². The zero-order valence-corrected chi connectivity index (χ0v) is 15.1. The van der Waals surface area contributed by atoms with Gasteiger partial charge in [-0.2, -0.15) is 0 Å². The highest BCUT2D eigenvalue weighted by Crippen LogP contribution is 2.20. The number of nitrogens with zero attached hydrogens (tertiary/aromatic N) is 3. The van der Waals surface area contributed by atoms with Crippen LogP contribution in [0.15, 0.2) is 9.72 Å². The molecule has 0 aliphatic carbocycles. The third-order valence-corrected chi connectivity index (χ3v) is 5.59. The number of rotatable bonds is 5. The van der Waals surface area contributed by atoms with E-state index in [4.69, 9.17) is 0 Å². The molecule has 2 amide bonds. The van der Waals surface area contributed by atoms with Gasteiger partial charge in [-0.25, -0.2) is 4.98 Å². The summed E-state index contributed by atoms with van der Waals surface area (Å²) in [5.41, 5.74) is 0.386. The Bertz CT molecular complexity index is 564. The molecule has 2 rings (SSSR count). The maximum Gasteiger partial charge on any atom is 0.271 e. The molecule has 1 aromatic rings. The number of carbonyl (C=O) groups excluding carboxylic acids is 2. The smallest absolute Gasteiger partial charge is 0.271 e. The van der Waals surface area contributed by atoms with E-state index in [1.165, 1.54) is 28.0 Å². The molecule has 0 bridgehead atoms. The Morgan fingerprint density at radius 2 is 2.30 bits per heavy atom. The third kappa shape index (κ3) is 4.90. The third-order valence-electron chi connectivity index (χ3n) is 3.73. The van der Waals surface area contributed by atoms with Crippen molar-refractivity contribution >= 4 is 34.9 Å². The molecule has 2 N–H and O–H groups in total. The number of thiazole rings is 1. The maximum atomic E-state index is 12.2. The molecule has 2 heterocycles. The predicted octanol–water partition coefficient (Wildman–Crippen LogP) is 0.118. The highest BCUT2D eigenvalue weighted by atomic mass is 32.2. The number of piperidine rings is 1. The van der Waals surface area contributed by atoms with E-state index in [-0.39, 0.29) is 24.4 Å². The van der Waals surface area contributed by atoms with Gasteiger partial charge >= 0.3 is 0 Å². The van der Waals surface area contributed by atoms with Gasteiger partial charge < -0.3 is 15.3 Å². The van der Waals surface area contributed by atoms with Gasteiger partial charge in [0.25, 0.3) is 5.91 Å². The number of aromatic nitrogens is 1. The SMILES string of the molecule is CSc1nc(C(=O)NC2CCN(CC(=O)N(C)C)CC2O)cs1. The summed E-state index contributed by atoms with van der Waals surface area (Å²) in [6.07, 6.45) is 1.82. The van der Waals surface area contributed by atoms with Gasteiger partial charge in [0.05, 0.1) is 18.7 Å². The molecular formula is C14H22N4O3S2. The Morgan fingerprint density at radius 3 is 2.87 bits per heavy atom. The Kier molecular flexibility index (Phi) is 6.40. The second-order valence-corrected chi connectivity index (χ2v) is 7.57. The highest BCUT2D eigenvalue weighted by molar-refractivity contribution is 8.00. The molecule has 0 aromatic carbocycles. The fraction of sp³-hybridized carbons (Fsp3) is 0.643. The molecule has 9 heteroatoms. The van der Waals surface area contributed by atoms with Crippen LogP contribution in [0, 0.1) is 0 Å². The molecule has 2 atom stereocenters. The highest BCUT2D eigenvalue weighted by Gasteiger charge is 2.30.